The lowest BCUT2D eigenvalue weighted by Crippen LogP contribution is -2.50. The molecule has 37 heavy (non-hydrogen) atoms. The first-order chi connectivity index (χ1) is 17.4. The van der Waals surface area contributed by atoms with Gasteiger partial charge in [-0.15, -0.1) is 0 Å². The van der Waals surface area contributed by atoms with Gasteiger partial charge in [0.15, 0.2) is 0 Å². The largest absolute Gasteiger partial charge is 0.354 e. The van der Waals surface area contributed by atoms with Crippen molar-refractivity contribution >= 4 is 39.1 Å². The maximum atomic E-state index is 13.5. The summed E-state index contributed by atoms with van der Waals surface area (Å²) in [7, 11) is -3.59. The van der Waals surface area contributed by atoms with Gasteiger partial charge in [0.25, 0.3) is 0 Å². The highest BCUT2D eigenvalue weighted by atomic mass is 35.5. The van der Waals surface area contributed by atoms with Crippen LogP contribution in [-0.2, 0) is 26.0 Å². The van der Waals surface area contributed by atoms with Gasteiger partial charge in [-0.1, -0.05) is 68.8 Å². The van der Waals surface area contributed by atoms with E-state index in [9.17, 15) is 18.0 Å². The lowest BCUT2D eigenvalue weighted by atomic mass is 10.1. The topological polar surface area (TPSA) is 86.8 Å². The van der Waals surface area contributed by atoms with Crippen molar-refractivity contribution in [3.63, 3.8) is 0 Å². The van der Waals surface area contributed by atoms with Crippen LogP contribution in [0.2, 0.25) is 5.02 Å². The van der Waals surface area contributed by atoms with Crippen molar-refractivity contribution in [3.8, 4) is 0 Å². The number of halogens is 1. The zero-order valence-corrected chi connectivity index (χ0v) is 24.1. The van der Waals surface area contributed by atoms with Gasteiger partial charge in [-0.05, 0) is 55.4 Å². The second kappa shape index (κ2) is 14.4. The molecule has 0 aliphatic heterocycles. The van der Waals surface area contributed by atoms with Crippen LogP contribution in [0.1, 0.15) is 51.2 Å². The van der Waals surface area contributed by atoms with Crippen LogP contribution < -0.4 is 9.62 Å². The van der Waals surface area contributed by atoms with Gasteiger partial charge >= 0.3 is 0 Å². The maximum Gasteiger partial charge on any atom is 0.242 e. The predicted molar refractivity (Wildman–Crippen MR) is 151 cm³/mol. The SMILES string of the molecule is CC[C@H](C(=O)NCC(C)C)N(CCc1ccccc1)C(=O)CCCN(c1cc(Cl)ccc1C)S(C)(=O)=O. The molecule has 0 radical (unpaired) electrons. The summed E-state index contributed by atoms with van der Waals surface area (Å²) in [6.45, 7) is 8.84. The lowest BCUT2D eigenvalue weighted by molar-refractivity contribution is -0.140. The van der Waals surface area contributed by atoms with Gasteiger partial charge in [-0.2, -0.15) is 0 Å². The highest BCUT2D eigenvalue weighted by Gasteiger charge is 2.28. The Kier molecular flexibility index (Phi) is 11.9. The monoisotopic (exact) mass is 549 g/mol. The molecule has 0 saturated heterocycles. The third kappa shape index (κ3) is 9.67. The van der Waals surface area contributed by atoms with Gasteiger partial charge in [-0.25, -0.2) is 8.42 Å². The molecule has 9 heteroatoms. The van der Waals surface area contributed by atoms with Crippen LogP contribution in [0.25, 0.3) is 0 Å². The van der Waals surface area contributed by atoms with Crippen molar-refractivity contribution in [2.45, 2.75) is 59.4 Å². The minimum Gasteiger partial charge on any atom is -0.354 e. The number of hydrogen-bond donors (Lipinski definition) is 1. The summed E-state index contributed by atoms with van der Waals surface area (Å²) in [4.78, 5) is 28.1. The number of anilines is 1. The van der Waals surface area contributed by atoms with E-state index in [0.717, 1.165) is 17.4 Å². The fourth-order valence-electron chi connectivity index (χ4n) is 4.15. The molecule has 0 bridgehead atoms. The number of carbonyl (C=O) groups excluding carboxylic acids is 2. The Hall–Kier alpha value is -2.58. The van der Waals surface area contributed by atoms with Gasteiger partial charge < -0.3 is 10.2 Å². The van der Waals surface area contributed by atoms with E-state index in [2.05, 4.69) is 5.32 Å². The summed E-state index contributed by atoms with van der Waals surface area (Å²) in [5.74, 6) is -0.0319. The first-order valence-electron chi connectivity index (χ1n) is 12.8. The molecule has 2 rings (SSSR count). The van der Waals surface area contributed by atoms with E-state index in [0.29, 0.717) is 49.0 Å². The minimum absolute atomic E-state index is 0.119. The fourth-order valence-corrected chi connectivity index (χ4v) is 5.33. The Bertz CT molecular complexity index is 1140. The molecule has 0 spiro atoms. The van der Waals surface area contributed by atoms with Crippen LogP contribution in [0.3, 0.4) is 0 Å². The number of nitrogens with one attached hydrogen (secondary N) is 1. The van der Waals surface area contributed by atoms with Crippen LogP contribution in [-0.4, -0.2) is 57.1 Å². The second-order valence-electron chi connectivity index (χ2n) is 9.76. The van der Waals surface area contributed by atoms with E-state index in [-0.39, 0.29) is 24.8 Å². The van der Waals surface area contributed by atoms with Crippen molar-refractivity contribution in [1.29, 1.82) is 0 Å². The van der Waals surface area contributed by atoms with Crippen molar-refractivity contribution in [1.82, 2.24) is 10.2 Å². The summed E-state index contributed by atoms with van der Waals surface area (Å²) in [6, 6.07) is 14.4. The molecule has 0 heterocycles. The summed E-state index contributed by atoms with van der Waals surface area (Å²) >= 11 is 6.13. The van der Waals surface area contributed by atoms with Gasteiger partial charge in [-0.3, -0.25) is 13.9 Å². The molecule has 204 valence electrons. The number of rotatable bonds is 14. The number of carbonyl (C=O) groups is 2. The smallest absolute Gasteiger partial charge is 0.242 e. The van der Waals surface area contributed by atoms with Gasteiger partial charge in [0, 0.05) is 31.1 Å². The van der Waals surface area contributed by atoms with E-state index < -0.39 is 16.1 Å². The molecular weight excluding hydrogens is 510 g/mol. The third-order valence-corrected chi connectivity index (χ3v) is 7.56. The normalized spacial score (nSPS) is 12.3. The zero-order chi connectivity index (χ0) is 27.6. The third-order valence-electron chi connectivity index (χ3n) is 6.15. The maximum absolute atomic E-state index is 13.5. The van der Waals surface area contributed by atoms with E-state index in [4.69, 9.17) is 11.6 Å². The molecule has 0 saturated carbocycles. The van der Waals surface area contributed by atoms with E-state index in [1.165, 1.54) is 4.31 Å². The molecule has 0 aromatic heterocycles. The number of amides is 2. The van der Waals surface area contributed by atoms with Crippen molar-refractivity contribution in [2.75, 3.05) is 30.2 Å². The van der Waals surface area contributed by atoms with Gasteiger partial charge in [0.1, 0.15) is 6.04 Å². The molecule has 7 nitrogen and oxygen atoms in total. The number of nitrogens with zero attached hydrogens (tertiary/aromatic N) is 2. The lowest BCUT2D eigenvalue weighted by Gasteiger charge is -2.31. The molecular formula is C28H40ClN3O4S. The number of sulfonamides is 1. The van der Waals surface area contributed by atoms with Crippen molar-refractivity contribution in [3.05, 3.63) is 64.7 Å². The summed E-state index contributed by atoms with van der Waals surface area (Å²) < 4.78 is 26.4. The molecule has 2 amide bonds. The Morgan fingerprint density at radius 1 is 1.05 bits per heavy atom. The fraction of sp³-hybridized carbons (Fsp3) is 0.500. The van der Waals surface area contributed by atoms with E-state index in [1.54, 1.807) is 23.1 Å². The molecule has 0 aliphatic carbocycles. The Morgan fingerprint density at radius 3 is 2.32 bits per heavy atom. The number of aryl methyl sites for hydroxylation is 1. The highest BCUT2D eigenvalue weighted by molar-refractivity contribution is 7.92. The Labute approximate surface area is 227 Å². The van der Waals surface area contributed by atoms with Crippen molar-refractivity contribution in [2.24, 2.45) is 5.92 Å². The predicted octanol–water partition coefficient (Wildman–Crippen LogP) is 4.82. The molecule has 1 atom stereocenters. The van der Waals surface area contributed by atoms with E-state index in [1.807, 2.05) is 58.0 Å². The Morgan fingerprint density at radius 2 is 1.73 bits per heavy atom. The molecule has 0 unspecified atom stereocenters. The van der Waals surface area contributed by atoms with E-state index >= 15 is 0 Å². The molecule has 1 N–H and O–H groups in total. The van der Waals surface area contributed by atoms with Crippen LogP contribution in [0.4, 0.5) is 5.69 Å². The van der Waals surface area contributed by atoms with Crippen molar-refractivity contribution < 1.29 is 18.0 Å². The van der Waals surface area contributed by atoms with Crippen LogP contribution in [0.15, 0.2) is 48.5 Å². The molecule has 0 fully saturated rings. The quantitative estimate of drug-likeness (QED) is 0.366. The molecule has 0 aliphatic rings. The second-order valence-corrected chi connectivity index (χ2v) is 12.1. The Balaban J connectivity index is 2.18. The highest BCUT2D eigenvalue weighted by Crippen LogP contribution is 2.27. The van der Waals surface area contributed by atoms with Crippen LogP contribution >= 0.6 is 11.6 Å². The molecule has 2 aromatic carbocycles. The summed E-state index contributed by atoms with van der Waals surface area (Å²) in [6.07, 6.45) is 2.69. The van der Waals surface area contributed by atoms with Gasteiger partial charge in [0.2, 0.25) is 21.8 Å². The average molecular weight is 550 g/mol. The van der Waals surface area contributed by atoms with Gasteiger partial charge in [0.05, 0.1) is 11.9 Å². The average Bonchev–Trinajstić information content (AvgIpc) is 2.84. The standard InChI is InChI=1S/C28H40ClN3O4S/c1-6-25(28(34)30-20-21(2)3)31(18-16-23-11-8-7-9-12-23)27(33)13-10-17-32(37(5,35)36)26-19-24(29)15-14-22(26)4/h7-9,11-12,14-15,19,21,25H,6,10,13,16-18,20H2,1-5H3,(H,30,34)/t25-/m1/s1. The first kappa shape index (κ1) is 30.6. The molecule has 2 aromatic rings. The number of benzene rings is 2. The summed E-state index contributed by atoms with van der Waals surface area (Å²) in [5.41, 5.74) is 2.36. The van der Waals surface area contributed by atoms with Crippen LogP contribution in [0.5, 0.6) is 0 Å². The zero-order valence-electron chi connectivity index (χ0n) is 22.5. The summed E-state index contributed by atoms with van der Waals surface area (Å²) in [5, 5.41) is 3.40. The minimum atomic E-state index is -3.59. The van der Waals surface area contributed by atoms with Crippen LogP contribution in [0, 0.1) is 12.8 Å². The first-order valence-corrected chi connectivity index (χ1v) is 15.0. The number of hydrogen-bond acceptors (Lipinski definition) is 4.